The molecule has 0 aliphatic carbocycles. The number of morpholine rings is 1. The average molecular weight is 266 g/mol. The van der Waals surface area contributed by atoms with Crippen LogP contribution in [-0.2, 0) is 4.74 Å². The van der Waals surface area contributed by atoms with E-state index in [-0.39, 0.29) is 12.2 Å². The van der Waals surface area contributed by atoms with E-state index in [0.29, 0.717) is 18.2 Å². The predicted octanol–water partition coefficient (Wildman–Crippen LogP) is 1.63. The van der Waals surface area contributed by atoms with Gasteiger partial charge >= 0.3 is 0 Å². The third-order valence-electron chi connectivity index (χ3n) is 3.07. The summed E-state index contributed by atoms with van der Waals surface area (Å²) in [5, 5.41) is 3.32. The van der Waals surface area contributed by atoms with Crippen molar-refractivity contribution in [2.24, 2.45) is 0 Å². The Morgan fingerprint density at radius 2 is 2.42 bits per heavy atom. The number of rotatable bonds is 6. The van der Waals surface area contributed by atoms with Gasteiger partial charge in [0.15, 0.2) is 5.75 Å². The topological polar surface area (TPSA) is 52.6 Å². The Bertz CT molecular complexity index is 381. The highest BCUT2D eigenvalue weighted by Crippen LogP contribution is 2.26. The highest BCUT2D eigenvalue weighted by Gasteiger charge is 2.25. The van der Waals surface area contributed by atoms with Gasteiger partial charge in [-0.05, 0) is 25.5 Å². The maximum atomic E-state index is 6.03. The lowest BCUT2D eigenvalue weighted by Crippen LogP contribution is -2.47. The van der Waals surface area contributed by atoms with Gasteiger partial charge < -0.3 is 19.5 Å². The van der Waals surface area contributed by atoms with Gasteiger partial charge in [0.05, 0.1) is 13.2 Å². The Balaban J connectivity index is 2.04. The fourth-order valence-corrected chi connectivity index (χ4v) is 2.12. The fourth-order valence-electron chi connectivity index (χ4n) is 2.12. The van der Waals surface area contributed by atoms with Crippen LogP contribution in [0.4, 0.5) is 0 Å². The van der Waals surface area contributed by atoms with Crippen LogP contribution in [0.5, 0.6) is 11.6 Å². The minimum absolute atomic E-state index is 0.0104. The molecular formula is C14H22N2O3. The Kier molecular flexibility index (Phi) is 5.42. The molecule has 2 heterocycles. The van der Waals surface area contributed by atoms with Crippen molar-refractivity contribution in [1.82, 2.24) is 10.3 Å². The second kappa shape index (κ2) is 7.31. The summed E-state index contributed by atoms with van der Waals surface area (Å²) in [6, 6.07) is 3.74. The highest BCUT2D eigenvalue weighted by molar-refractivity contribution is 5.32. The summed E-state index contributed by atoms with van der Waals surface area (Å²) < 4.78 is 17.3. The van der Waals surface area contributed by atoms with Gasteiger partial charge in [-0.15, -0.1) is 0 Å². The molecule has 2 atom stereocenters. The summed E-state index contributed by atoms with van der Waals surface area (Å²) in [6.45, 7) is 7.07. The lowest BCUT2D eigenvalue weighted by molar-refractivity contribution is -0.0436. The Hall–Kier alpha value is -1.33. The standard InChI is InChI=1S/C14H22N2O3/c1-3-11(13-10-15-8-9-18-13)19-12-6-5-7-16-14(12)17-4-2/h5-7,11,13,15H,3-4,8-10H2,1-2H3/t11?,13-/m0/s1. The molecule has 0 bridgehead atoms. The van der Waals surface area contributed by atoms with Crippen LogP contribution in [-0.4, -0.2) is 43.5 Å². The first kappa shape index (κ1) is 14.1. The minimum atomic E-state index is 0.0104. The van der Waals surface area contributed by atoms with Gasteiger partial charge in [0.25, 0.3) is 5.88 Å². The normalized spacial score (nSPS) is 20.8. The first-order valence-corrected chi connectivity index (χ1v) is 6.92. The lowest BCUT2D eigenvalue weighted by atomic mass is 10.1. The van der Waals surface area contributed by atoms with Crippen LogP contribution in [0.15, 0.2) is 18.3 Å². The van der Waals surface area contributed by atoms with Gasteiger partial charge in [-0.3, -0.25) is 0 Å². The van der Waals surface area contributed by atoms with Crippen LogP contribution in [0.1, 0.15) is 20.3 Å². The van der Waals surface area contributed by atoms with Crippen molar-refractivity contribution in [3.05, 3.63) is 18.3 Å². The molecule has 1 aliphatic heterocycles. The second-order valence-corrected chi connectivity index (χ2v) is 4.42. The largest absolute Gasteiger partial charge is 0.482 e. The number of aromatic nitrogens is 1. The molecule has 1 N–H and O–H groups in total. The number of pyridine rings is 1. The molecule has 19 heavy (non-hydrogen) atoms. The molecule has 0 radical (unpaired) electrons. The molecule has 0 saturated carbocycles. The van der Waals surface area contributed by atoms with E-state index in [4.69, 9.17) is 14.2 Å². The molecule has 1 aromatic rings. The quantitative estimate of drug-likeness (QED) is 0.848. The number of nitrogens with zero attached hydrogens (tertiary/aromatic N) is 1. The smallest absolute Gasteiger partial charge is 0.256 e. The van der Waals surface area contributed by atoms with Crippen molar-refractivity contribution in [3.8, 4) is 11.6 Å². The molecule has 5 heteroatoms. The van der Waals surface area contributed by atoms with Gasteiger partial charge in [-0.25, -0.2) is 4.98 Å². The van der Waals surface area contributed by atoms with Crippen LogP contribution >= 0.6 is 0 Å². The van der Waals surface area contributed by atoms with Crippen LogP contribution < -0.4 is 14.8 Å². The number of hydrogen-bond donors (Lipinski definition) is 1. The molecule has 2 rings (SSSR count). The lowest BCUT2D eigenvalue weighted by Gasteiger charge is -2.30. The van der Waals surface area contributed by atoms with E-state index in [1.165, 1.54) is 0 Å². The molecule has 1 aliphatic rings. The van der Waals surface area contributed by atoms with Crippen molar-refractivity contribution in [2.45, 2.75) is 32.5 Å². The van der Waals surface area contributed by atoms with E-state index in [1.54, 1.807) is 6.20 Å². The van der Waals surface area contributed by atoms with Gasteiger partial charge in [0.2, 0.25) is 0 Å². The van der Waals surface area contributed by atoms with E-state index >= 15 is 0 Å². The third-order valence-corrected chi connectivity index (χ3v) is 3.07. The third kappa shape index (κ3) is 3.81. The van der Waals surface area contributed by atoms with Crippen LogP contribution in [0.2, 0.25) is 0 Å². The summed E-state index contributed by atoms with van der Waals surface area (Å²) in [5.74, 6) is 1.23. The average Bonchev–Trinajstić information content (AvgIpc) is 2.47. The molecule has 0 spiro atoms. The zero-order chi connectivity index (χ0) is 13.5. The SMILES string of the molecule is CCOc1ncccc1OC(CC)[C@@H]1CNCCO1. The maximum Gasteiger partial charge on any atom is 0.256 e. The van der Waals surface area contributed by atoms with Crippen LogP contribution in [0.3, 0.4) is 0 Å². The van der Waals surface area contributed by atoms with E-state index in [1.807, 2.05) is 19.1 Å². The van der Waals surface area contributed by atoms with Gasteiger partial charge in [0, 0.05) is 19.3 Å². The van der Waals surface area contributed by atoms with Crippen molar-refractivity contribution < 1.29 is 14.2 Å². The van der Waals surface area contributed by atoms with Crippen LogP contribution in [0.25, 0.3) is 0 Å². The summed E-state index contributed by atoms with van der Waals surface area (Å²) in [4.78, 5) is 4.20. The Labute approximate surface area is 114 Å². The summed E-state index contributed by atoms with van der Waals surface area (Å²) in [5.41, 5.74) is 0. The molecule has 106 valence electrons. The summed E-state index contributed by atoms with van der Waals surface area (Å²) in [7, 11) is 0. The monoisotopic (exact) mass is 266 g/mol. The zero-order valence-electron chi connectivity index (χ0n) is 11.6. The van der Waals surface area contributed by atoms with E-state index < -0.39 is 0 Å². The van der Waals surface area contributed by atoms with Gasteiger partial charge in [0.1, 0.15) is 12.2 Å². The van der Waals surface area contributed by atoms with Crippen molar-refractivity contribution in [1.29, 1.82) is 0 Å². The fraction of sp³-hybridized carbons (Fsp3) is 0.643. The summed E-state index contributed by atoms with van der Waals surface area (Å²) >= 11 is 0. The van der Waals surface area contributed by atoms with Gasteiger partial charge in [-0.1, -0.05) is 6.92 Å². The molecule has 0 amide bonds. The van der Waals surface area contributed by atoms with Crippen LogP contribution in [0, 0.1) is 0 Å². The Morgan fingerprint density at radius 3 is 3.11 bits per heavy atom. The second-order valence-electron chi connectivity index (χ2n) is 4.42. The summed E-state index contributed by atoms with van der Waals surface area (Å²) in [6.07, 6.45) is 2.68. The molecule has 1 aromatic heterocycles. The number of nitrogens with one attached hydrogen (secondary N) is 1. The highest BCUT2D eigenvalue weighted by atomic mass is 16.6. The molecule has 5 nitrogen and oxygen atoms in total. The maximum absolute atomic E-state index is 6.03. The molecule has 1 saturated heterocycles. The van der Waals surface area contributed by atoms with E-state index in [0.717, 1.165) is 26.1 Å². The van der Waals surface area contributed by atoms with Gasteiger partial charge in [-0.2, -0.15) is 0 Å². The molecular weight excluding hydrogens is 244 g/mol. The number of ether oxygens (including phenoxy) is 3. The minimum Gasteiger partial charge on any atom is -0.482 e. The Morgan fingerprint density at radius 1 is 1.53 bits per heavy atom. The van der Waals surface area contributed by atoms with E-state index in [9.17, 15) is 0 Å². The zero-order valence-corrected chi connectivity index (χ0v) is 11.6. The van der Waals surface area contributed by atoms with Crippen molar-refractivity contribution in [3.63, 3.8) is 0 Å². The van der Waals surface area contributed by atoms with Crippen molar-refractivity contribution >= 4 is 0 Å². The first-order chi connectivity index (χ1) is 9.35. The van der Waals surface area contributed by atoms with Crippen molar-refractivity contribution in [2.75, 3.05) is 26.3 Å². The predicted molar refractivity (Wildman–Crippen MR) is 72.7 cm³/mol. The molecule has 0 aromatic carbocycles. The number of hydrogen-bond acceptors (Lipinski definition) is 5. The van der Waals surface area contributed by atoms with E-state index in [2.05, 4.69) is 17.2 Å². The molecule has 1 unspecified atom stereocenters. The first-order valence-electron chi connectivity index (χ1n) is 6.92. The molecule has 1 fully saturated rings.